The highest BCUT2D eigenvalue weighted by Crippen LogP contribution is 2.25. The minimum atomic E-state index is -0.338. The first-order valence-corrected chi connectivity index (χ1v) is 7.76. The molecule has 2 unspecified atom stereocenters. The average molecular weight is 307 g/mol. The van der Waals surface area contributed by atoms with Crippen LogP contribution >= 0.6 is 0 Å². The maximum absolute atomic E-state index is 12.3. The van der Waals surface area contributed by atoms with Crippen molar-refractivity contribution < 1.29 is 9.90 Å². The highest BCUT2D eigenvalue weighted by molar-refractivity contribution is 5.89. The van der Waals surface area contributed by atoms with Gasteiger partial charge in [-0.1, -0.05) is 12.8 Å². The summed E-state index contributed by atoms with van der Waals surface area (Å²) < 4.78 is 1.44. The van der Waals surface area contributed by atoms with E-state index >= 15 is 0 Å². The summed E-state index contributed by atoms with van der Waals surface area (Å²) in [6, 6.07) is 1.48. The van der Waals surface area contributed by atoms with Gasteiger partial charge in [0.25, 0.3) is 5.56 Å². The van der Waals surface area contributed by atoms with Gasteiger partial charge < -0.3 is 19.9 Å². The number of aliphatic hydroxyl groups is 1. The first kappa shape index (κ1) is 16.5. The third-order valence-electron chi connectivity index (χ3n) is 4.43. The Morgan fingerprint density at radius 2 is 2.14 bits per heavy atom. The number of anilines is 1. The summed E-state index contributed by atoms with van der Waals surface area (Å²) in [7, 11) is 3.35. The van der Waals surface area contributed by atoms with Gasteiger partial charge >= 0.3 is 6.03 Å². The fraction of sp³-hybridized carbons (Fsp3) is 0.625. The van der Waals surface area contributed by atoms with Gasteiger partial charge in [-0.3, -0.25) is 4.79 Å². The van der Waals surface area contributed by atoms with Crippen LogP contribution < -0.4 is 10.9 Å². The number of carbonyl (C=O) groups is 1. The summed E-state index contributed by atoms with van der Waals surface area (Å²) in [6.07, 6.45) is 5.22. The van der Waals surface area contributed by atoms with Crippen molar-refractivity contribution in [2.75, 3.05) is 18.9 Å². The standard InChI is InChI=1S/C16H25N3O3/c1-11-8-9-18(2)15(21)14(11)17-16(22)19(3)10-12-6-4-5-7-13(12)20/h8-9,12-13,20H,4-7,10H2,1-3H3,(H,17,22). The van der Waals surface area contributed by atoms with Crippen LogP contribution in [-0.2, 0) is 7.05 Å². The number of nitrogens with zero attached hydrogens (tertiary/aromatic N) is 2. The minimum absolute atomic E-state index is 0.115. The van der Waals surface area contributed by atoms with Gasteiger partial charge in [-0.25, -0.2) is 4.79 Å². The molecule has 6 heteroatoms. The highest BCUT2D eigenvalue weighted by atomic mass is 16.3. The first-order valence-electron chi connectivity index (χ1n) is 7.76. The molecule has 0 aromatic carbocycles. The number of aromatic nitrogens is 1. The van der Waals surface area contributed by atoms with E-state index in [2.05, 4.69) is 5.32 Å². The molecule has 1 aliphatic rings. The average Bonchev–Trinajstić information content (AvgIpc) is 2.49. The van der Waals surface area contributed by atoms with Crippen LogP contribution in [0.5, 0.6) is 0 Å². The second-order valence-corrected chi connectivity index (χ2v) is 6.21. The lowest BCUT2D eigenvalue weighted by Gasteiger charge is -2.31. The third kappa shape index (κ3) is 3.68. The van der Waals surface area contributed by atoms with Gasteiger partial charge in [0.05, 0.1) is 6.10 Å². The summed E-state index contributed by atoms with van der Waals surface area (Å²) in [5, 5.41) is 12.7. The lowest BCUT2D eigenvalue weighted by atomic mass is 9.86. The summed E-state index contributed by atoms with van der Waals surface area (Å²) in [5.41, 5.74) is 0.827. The Morgan fingerprint density at radius 3 is 2.82 bits per heavy atom. The Kier molecular flexibility index (Phi) is 5.24. The van der Waals surface area contributed by atoms with Crippen molar-refractivity contribution in [3.05, 3.63) is 28.2 Å². The second-order valence-electron chi connectivity index (χ2n) is 6.21. The monoisotopic (exact) mass is 307 g/mol. The fourth-order valence-corrected chi connectivity index (χ4v) is 2.91. The molecule has 0 aliphatic heterocycles. The lowest BCUT2D eigenvalue weighted by molar-refractivity contribution is 0.0575. The van der Waals surface area contributed by atoms with Crippen LogP contribution in [0, 0.1) is 12.8 Å². The summed E-state index contributed by atoms with van der Waals surface area (Å²) in [6.45, 7) is 2.29. The number of rotatable bonds is 3. The Labute approximate surface area is 130 Å². The van der Waals surface area contributed by atoms with E-state index in [1.807, 2.05) is 0 Å². The molecule has 2 N–H and O–H groups in total. The van der Waals surface area contributed by atoms with Crippen LogP contribution in [0.25, 0.3) is 0 Å². The number of pyridine rings is 1. The highest BCUT2D eigenvalue weighted by Gasteiger charge is 2.26. The zero-order valence-electron chi connectivity index (χ0n) is 13.5. The molecule has 122 valence electrons. The molecular formula is C16H25N3O3. The van der Waals surface area contributed by atoms with Crippen molar-refractivity contribution >= 4 is 11.7 Å². The molecule has 1 saturated carbocycles. The van der Waals surface area contributed by atoms with Gasteiger partial charge in [-0.2, -0.15) is 0 Å². The van der Waals surface area contributed by atoms with Crippen LogP contribution in [0.1, 0.15) is 31.2 Å². The van der Waals surface area contributed by atoms with Crippen molar-refractivity contribution in [1.82, 2.24) is 9.47 Å². The molecule has 0 bridgehead atoms. The maximum Gasteiger partial charge on any atom is 0.321 e. The number of nitrogens with one attached hydrogen (secondary N) is 1. The largest absolute Gasteiger partial charge is 0.393 e. The van der Waals surface area contributed by atoms with Gasteiger partial charge in [0.2, 0.25) is 0 Å². The van der Waals surface area contributed by atoms with E-state index < -0.39 is 0 Å². The number of carbonyl (C=O) groups excluding carboxylic acids is 1. The van der Waals surface area contributed by atoms with E-state index in [4.69, 9.17) is 0 Å². The molecule has 2 amide bonds. The molecule has 2 atom stereocenters. The fourth-order valence-electron chi connectivity index (χ4n) is 2.91. The summed E-state index contributed by atoms with van der Waals surface area (Å²) in [4.78, 5) is 25.9. The van der Waals surface area contributed by atoms with E-state index in [1.165, 1.54) is 4.57 Å². The molecule has 1 fully saturated rings. The van der Waals surface area contributed by atoms with E-state index in [0.717, 1.165) is 31.2 Å². The number of hydrogen-bond donors (Lipinski definition) is 2. The topological polar surface area (TPSA) is 74.6 Å². The zero-order valence-corrected chi connectivity index (χ0v) is 13.5. The van der Waals surface area contributed by atoms with E-state index in [-0.39, 0.29) is 23.6 Å². The van der Waals surface area contributed by atoms with Crippen LogP contribution in [0.15, 0.2) is 17.1 Å². The Bertz CT molecular complexity index is 597. The number of amides is 2. The van der Waals surface area contributed by atoms with E-state index in [0.29, 0.717) is 12.2 Å². The second kappa shape index (κ2) is 6.96. The van der Waals surface area contributed by atoms with Crippen LogP contribution in [0.3, 0.4) is 0 Å². The molecule has 0 spiro atoms. The molecular weight excluding hydrogens is 282 g/mol. The van der Waals surface area contributed by atoms with Crippen molar-refractivity contribution in [2.45, 2.75) is 38.7 Å². The SMILES string of the molecule is Cc1ccn(C)c(=O)c1NC(=O)N(C)CC1CCCCC1O. The number of aliphatic hydroxyl groups excluding tert-OH is 1. The van der Waals surface area contributed by atoms with Crippen molar-refractivity contribution in [1.29, 1.82) is 0 Å². The number of aryl methyl sites for hydroxylation is 2. The van der Waals surface area contributed by atoms with Gasteiger partial charge in [0, 0.05) is 32.8 Å². The Balaban J connectivity index is 2.03. The van der Waals surface area contributed by atoms with E-state index in [1.54, 1.807) is 38.2 Å². The Morgan fingerprint density at radius 1 is 1.45 bits per heavy atom. The predicted molar refractivity (Wildman–Crippen MR) is 86.0 cm³/mol. The van der Waals surface area contributed by atoms with Crippen molar-refractivity contribution in [2.24, 2.45) is 13.0 Å². The van der Waals surface area contributed by atoms with E-state index in [9.17, 15) is 14.7 Å². The van der Waals surface area contributed by atoms with Gasteiger partial charge in [0.15, 0.2) is 0 Å². The van der Waals surface area contributed by atoms with Crippen LogP contribution in [0.4, 0.5) is 10.5 Å². The third-order valence-corrected chi connectivity index (χ3v) is 4.43. The minimum Gasteiger partial charge on any atom is -0.393 e. The molecule has 0 radical (unpaired) electrons. The van der Waals surface area contributed by atoms with Crippen molar-refractivity contribution in [3.8, 4) is 0 Å². The molecule has 1 aromatic rings. The summed E-state index contributed by atoms with van der Waals surface area (Å²) in [5.74, 6) is 0.115. The predicted octanol–water partition coefficient (Wildman–Crippen LogP) is 1.71. The summed E-state index contributed by atoms with van der Waals surface area (Å²) >= 11 is 0. The number of hydrogen-bond acceptors (Lipinski definition) is 3. The van der Waals surface area contributed by atoms with Gasteiger partial charge in [-0.05, 0) is 31.4 Å². The maximum atomic E-state index is 12.3. The smallest absolute Gasteiger partial charge is 0.321 e. The van der Waals surface area contributed by atoms with Gasteiger partial charge in [0.1, 0.15) is 5.69 Å². The van der Waals surface area contributed by atoms with Crippen molar-refractivity contribution in [3.63, 3.8) is 0 Å². The molecule has 0 saturated heterocycles. The Hall–Kier alpha value is -1.82. The molecule has 6 nitrogen and oxygen atoms in total. The lowest BCUT2D eigenvalue weighted by Crippen LogP contribution is -2.41. The quantitative estimate of drug-likeness (QED) is 0.892. The molecule has 1 aliphatic carbocycles. The molecule has 22 heavy (non-hydrogen) atoms. The van der Waals surface area contributed by atoms with Crippen LogP contribution in [0.2, 0.25) is 0 Å². The van der Waals surface area contributed by atoms with Gasteiger partial charge in [-0.15, -0.1) is 0 Å². The zero-order chi connectivity index (χ0) is 16.3. The molecule has 2 rings (SSSR count). The molecule has 1 heterocycles. The van der Waals surface area contributed by atoms with Crippen LogP contribution in [-0.4, -0.2) is 40.3 Å². The molecule has 1 aromatic heterocycles. The normalized spacial score (nSPS) is 21.5. The first-order chi connectivity index (χ1) is 10.4. The number of urea groups is 1.